The number of hydrogen-bond donors (Lipinski definition) is 2. The van der Waals surface area contributed by atoms with Gasteiger partial charge in [0.2, 0.25) is 0 Å². The third-order valence-electron chi connectivity index (χ3n) is 1.94. The maximum Gasteiger partial charge on any atom is 0.325 e. The van der Waals surface area contributed by atoms with Gasteiger partial charge < -0.3 is 9.51 Å². The number of nitrogens with one attached hydrogen (secondary N) is 2. The zero-order chi connectivity index (χ0) is 14.3. The summed E-state index contributed by atoms with van der Waals surface area (Å²) in [6.07, 6.45) is 0.907. The maximum absolute atomic E-state index is 12.4. The van der Waals surface area contributed by atoms with Crippen molar-refractivity contribution in [2.24, 2.45) is 0 Å². The number of hydrogen-bond acceptors (Lipinski definition) is 6. The highest BCUT2D eigenvalue weighted by Crippen LogP contribution is 2.70. The molecule has 108 valence electrons. The molecule has 0 saturated heterocycles. The Labute approximate surface area is 119 Å². The van der Waals surface area contributed by atoms with Gasteiger partial charge in [-0.2, -0.15) is 0 Å². The van der Waals surface area contributed by atoms with Gasteiger partial charge >= 0.3 is 11.5 Å². The van der Waals surface area contributed by atoms with Gasteiger partial charge in [-0.15, -0.1) is 0 Å². The first-order valence-electron chi connectivity index (χ1n) is 5.85. The molecule has 0 spiro atoms. The van der Waals surface area contributed by atoms with Crippen LogP contribution in [0.15, 0.2) is 15.7 Å². The quantitative estimate of drug-likeness (QED) is 0.714. The van der Waals surface area contributed by atoms with Crippen LogP contribution in [0.25, 0.3) is 0 Å². The lowest BCUT2D eigenvalue weighted by atomic mass is 10.5. The molecule has 0 aliphatic heterocycles. The molecule has 1 aromatic heterocycles. The predicted octanol–water partition coefficient (Wildman–Crippen LogP) is 2.58. The minimum absolute atomic E-state index is 0.271. The largest absolute Gasteiger partial charge is 0.325 e. The van der Waals surface area contributed by atoms with Crippen molar-refractivity contribution < 1.29 is 9.09 Å². The van der Waals surface area contributed by atoms with E-state index in [4.69, 9.17) is 4.52 Å². The van der Waals surface area contributed by atoms with Crippen LogP contribution in [0.1, 0.15) is 26.0 Å². The fourth-order valence-electron chi connectivity index (χ4n) is 1.22. The van der Waals surface area contributed by atoms with E-state index >= 15 is 0 Å². The molecule has 1 heterocycles. The molecule has 0 aliphatic carbocycles. The second-order valence-electron chi connectivity index (χ2n) is 3.58. The molecule has 1 atom stereocenters. The molecular weight excluding hydrogens is 307 g/mol. The SMILES string of the molecule is CCCS[P@@](=O)(OCC)SCc1cc(=O)[nH]c(=O)[nH]1. The molecule has 9 heteroatoms. The van der Waals surface area contributed by atoms with Gasteiger partial charge in [-0.05, 0) is 13.3 Å². The normalized spacial score (nSPS) is 14.2. The second-order valence-corrected chi connectivity index (χ2v) is 11.1. The first-order chi connectivity index (χ1) is 8.99. The van der Waals surface area contributed by atoms with Gasteiger partial charge in [0, 0.05) is 23.3 Å². The Morgan fingerprint density at radius 3 is 2.58 bits per heavy atom. The highest BCUT2D eigenvalue weighted by molar-refractivity contribution is 8.89. The van der Waals surface area contributed by atoms with Gasteiger partial charge in [-0.1, -0.05) is 29.7 Å². The smallest absolute Gasteiger partial charge is 0.314 e. The standard InChI is InChI=1S/C10H17N2O4PS2/c1-3-5-18-17(15,16-4-2)19-7-8-6-9(13)12-10(14)11-8/h6H,3-5,7H2,1-2H3,(H2,11,12,13,14)/t17-/m1/s1. The minimum atomic E-state index is -2.83. The van der Waals surface area contributed by atoms with E-state index in [2.05, 4.69) is 9.97 Å². The van der Waals surface area contributed by atoms with Crippen LogP contribution in [0, 0.1) is 0 Å². The van der Waals surface area contributed by atoms with Gasteiger partial charge in [0.1, 0.15) is 0 Å². The summed E-state index contributed by atoms with van der Waals surface area (Å²) in [4.78, 5) is 26.8. The highest BCUT2D eigenvalue weighted by atomic mass is 33.1. The van der Waals surface area contributed by atoms with Crippen molar-refractivity contribution in [3.05, 3.63) is 32.6 Å². The number of rotatable bonds is 8. The fourth-order valence-corrected chi connectivity index (χ4v) is 7.85. The topological polar surface area (TPSA) is 92.0 Å². The van der Waals surface area contributed by atoms with Gasteiger partial charge in [0.25, 0.3) is 5.56 Å². The fraction of sp³-hybridized carbons (Fsp3) is 0.600. The molecule has 0 fully saturated rings. The predicted molar refractivity (Wildman–Crippen MR) is 81.0 cm³/mol. The Morgan fingerprint density at radius 1 is 1.26 bits per heavy atom. The van der Waals surface area contributed by atoms with E-state index in [1.54, 1.807) is 6.92 Å². The summed E-state index contributed by atoms with van der Waals surface area (Å²) in [6, 6.07) is 1.29. The van der Waals surface area contributed by atoms with E-state index in [0.717, 1.165) is 23.6 Å². The summed E-state index contributed by atoms with van der Waals surface area (Å²) in [5.74, 6) is -1.82. The van der Waals surface area contributed by atoms with Crippen molar-refractivity contribution in [2.75, 3.05) is 12.4 Å². The third kappa shape index (κ3) is 6.03. The monoisotopic (exact) mass is 324 g/mol. The zero-order valence-corrected chi connectivity index (χ0v) is 13.3. The molecule has 0 saturated carbocycles. The summed E-state index contributed by atoms with van der Waals surface area (Å²) < 4.78 is 17.8. The Bertz CT molecular complexity index is 529. The van der Waals surface area contributed by atoms with Crippen LogP contribution < -0.4 is 11.2 Å². The first-order valence-corrected chi connectivity index (χ1v) is 10.7. The average Bonchev–Trinajstić information content (AvgIpc) is 2.34. The van der Waals surface area contributed by atoms with Crippen LogP contribution in [-0.2, 0) is 14.8 Å². The Morgan fingerprint density at radius 2 is 2.00 bits per heavy atom. The Kier molecular flexibility index (Phi) is 6.99. The molecule has 0 unspecified atom stereocenters. The lowest BCUT2D eigenvalue weighted by molar-refractivity contribution is 0.357. The summed E-state index contributed by atoms with van der Waals surface area (Å²) in [5, 5.41) is 0. The van der Waals surface area contributed by atoms with Crippen LogP contribution >= 0.6 is 28.5 Å². The molecular formula is C10H17N2O4PS2. The first kappa shape index (κ1) is 16.6. The van der Waals surface area contributed by atoms with Crippen molar-refractivity contribution in [1.29, 1.82) is 0 Å². The highest BCUT2D eigenvalue weighted by Gasteiger charge is 2.24. The molecule has 1 aromatic rings. The van der Waals surface area contributed by atoms with Crippen molar-refractivity contribution >= 4 is 28.5 Å². The van der Waals surface area contributed by atoms with E-state index < -0.39 is 17.0 Å². The van der Waals surface area contributed by atoms with E-state index in [1.165, 1.54) is 17.4 Å². The molecule has 0 aliphatic rings. The van der Waals surface area contributed by atoms with Crippen molar-refractivity contribution in [1.82, 2.24) is 9.97 Å². The van der Waals surface area contributed by atoms with Crippen molar-refractivity contribution in [3.63, 3.8) is 0 Å². The van der Waals surface area contributed by atoms with Crippen LogP contribution in [0.4, 0.5) is 0 Å². The molecule has 19 heavy (non-hydrogen) atoms. The summed E-state index contributed by atoms with van der Waals surface area (Å²) in [7, 11) is 0. The summed E-state index contributed by atoms with van der Waals surface area (Å²) >= 11 is 2.43. The molecule has 0 amide bonds. The minimum Gasteiger partial charge on any atom is -0.314 e. The van der Waals surface area contributed by atoms with E-state index in [0.29, 0.717) is 12.3 Å². The molecule has 1 rings (SSSR count). The molecule has 0 aromatic carbocycles. The molecule has 0 radical (unpaired) electrons. The van der Waals surface area contributed by atoms with Crippen molar-refractivity contribution in [2.45, 2.75) is 26.0 Å². The summed E-state index contributed by atoms with van der Waals surface area (Å²) in [5.41, 5.74) is -0.585. The maximum atomic E-state index is 12.4. The molecule has 6 nitrogen and oxygen atoms in total. The van der Waals surface area contributed by atoms with Gasteiger partial charge in [0.15, 0.2) is 0 Å². The van der Waals surface area contributed by atoms with Gasteiger partial charge in [-0.25, -0.2) is 4.79 Å². The van der Waals surface area contributed by atoms with E-state index in [9.17, 15) is 14.2 Å². The molecule has 2 N–H and O–H groups in total. The van der Waals surface area contributed by atoms with Crippen LogP contribution in [0.2, 0.25) is 0 Å². The lowest BCUT2D eigenvalue weighted by Gasteiger charge is -2.15. The summed E-state index contributed by atoms with van der Waals surface area (Å²) in [6.45, 7) is 4.16. The van der Waals surface area contributed by atoms with Gasteiger partial charge in [-0.3, -0.25) is 14.3 Å². The number of aromatic amines is 2. The zero-order valence-electron chi connectivity index (χ0n) is 10.8. The average molecular weight is 324 g/mol. The van der Waals surface area contributed by atoms with Gasteiger partial charge in [0.05, 0.1) is 6.61 Å². The number of H-pyrrole nitrogens is 2. The number of aromatic nitrogens is 2. The van der Waals surface area contributed by atoms with E-state index in [1.807, 2.05) is 6.92 Å². The van der Waals surface area contributed by atoms with Crippen LogP contribution in [-0.4, -0.2) is 22.3 Å². The molecule has 0 bridgehead atoms. The Hall–Kier alpha value is -0.430. The van der Waals surface area contributed by atoms with Crippen LogP contribution in [0.5, 0.6) is 0 Å². The van der Waals surface area contributed by atoms with E-state index in [-0.39, 0.29) is 5.75 Å². The van der Waals surface area contributed by atoms with Crippen LogP contribution in [0.3, 0.4) is 0 Å². The third-order valence-corrected chi connectivity index (χ3v) is 9.54. The Balaban J connectivity index is 2.72. The lowest BCUT2D eigenvalue weighted by Crippen LogP contribution is -2.22. The second kappa shape index (κ2) is 7.99. The van der Waals surface area contributed by atoms with Crippen molar-refractivity contribution in [3.8, 4) is 0 Å².